The monoisotopic (exact) mass is 264 g/mol. The zero-order chi connectivity index (χ0) is 13.8. The van der Waals surface area contributed by atoms with Crippen LogP contribution in [0.1, 0.15) is 40.0 Å². The van der Waals surface area contributed by atoms with Crippen LogP contribution in [0.25, 0.3) is 0 Å². The zero-order valence-electron chi connectivity index (χ0n) is 12.0. The molecular weight excluding hydrogens is 240 g/mol. The maximum absolute atomic E-state index is 6.04. The van der Waals surface area contributed by atoms with Crippen molar-refractivity contribution in [2.24, 2.45) is 11.8 Å². The molecule has 1 aliphatic carbocycles. The van der Waals surface area contributed by atoms with E-state index in [2.05, 4.69) is 22.2 Å². The van der Waals surface area contributed by atoms with Crippen LogP contribution in [0.2, 0.25) is 0 Å². The van der Waals surface area contributed by atoms with Crippen LogP contribution in [0.3, 0.4) is 0 Å². The van der Waals surface area contributed by atoms with Gasteiger partial charge in [-0.1, -0.05) is 19.8 Å². The lowest BCUT2D eigenvalue weighted by molar-refractivity contribution is 0.234. The van der Waals surface area contributed by atoms with E-state index >= 15 is 0 Å². The summed E-state index contributed by atoms with van der Waals surface area (Å²) < 4.78 is 5.56. The largest absolute Gasteiger partial charge is 0.473 e. The van der Waals surface area contributed by atoms with Crippen molar-refractivity contribution < 1.29 is 4.74 Å². The minimum Gasteiger partial charge on any atom is -0.473 e. The Labute approximate surface area is 115 Å². The summed E-state index contributed by atoms with van der Waals surface area (Å²) in [6, 6.07) is 0. The normalized spacial score (nSPS) is 22.7. The van der Waals surface area contributed by atoms with Crippen molar-refractivity contribution in [3.8, 4) is 5.88 Å². The fourth-order valence-corrected chi connectivity index (χ4v) is 2.59. The maximum atomic E-state index is 6.04. The van der Waals surface area contributed by atoms with E-state index in [1.807, 2.05) is 13.8 Å². The predicted octanol–water partition coefficient (Wildman–Crippen LogP) is 2.69. The van der Waals surface area contributed by atoms with Crippen LogP contribution < -0.4 is 15.8 Å². The minimum atomic E-state index is 0.0555. The van der Waals surface area contributed by atoms with E-state index in [-0.39, 0.29) is 6.10 Å². The first-order valence-corrected chi connectivity index (χ1v) is 7.09. The Balaban J connectivity index is 2.00. The number of nitrogens with zero attached hydrogens (tertiary/aromatic N) is 2. The van der Waals surface area contributed by atoms with Gasteiger partial charge in [-0.25, -0.2) is 4.98 Å². The van der Waals surface area contributed by atoms with Crippen LogP contribution in [0.5, 0.6) is 5.88 Å². The van der Waals surface area contributed by atoms with Gasteiger partial charge in [-0.05, 0) is 32.1 Å². The molecule has 5 nitrogen and oxygen atoms in total. The molecule has 1 fully saturated rings. The van der Waals surface area contributed by atoms with Gasteiger partial charge in [0, 0.05) is 6.54 Å². The molecule has 2 atom stereocenters. The highest BCUT2D eigenvalue weighted by Gasteiger charge is 2.23. The number of aromatic nitrogens is 2. The second kappa shape index (κ2) is 6.08. The van der Waals surface area contributed by atoms with Crippen molar-refractivity contribution in [1.82, 2.24) is 9.97 Å². The molecule has 1 heterocycles. The molecule has 1 aromatic heterocycles. The number of hydrogen-bond donors (Lipinski definition) is 2. The van der Waals surface area contributed by atoms with Gasteiger partial charge < -0.3 is 15.8 Å². The molecule has 0 aliphatic heterocycles. The molecule has 5 heteroatoms. The average molecular weight is 264 g/mol. The molecule has 0 radical (unpaired) electrons. The molecule has 2 rings (SSSR count). The third-order valence-corrected chi connectivity index (χ3v) is 3.77. The Hall–Kier alpha value is -1.52. The summed E-state index contributed by atoms with van der Waals surface area (Å²) in [4.78, 5) is 8.28. The van der Waals surface area contributed by atoms with Crippen LogP contribution in [-0.2, 0) is 0 Å². The highest BCUT2D eigenvalue weighted by molar-refractivity contribution is 5.66. The van der Waals surface area contributed by atoms with E-state index in [0.717, 1.165) is 12.5 Å². The fourth-order valence-electron chi connectivity index (χ4n) is 2.59. The van der Waals surface area contributed by atoms with E-state index in [1.54, 1.807) is 0 Å². The summed E-state index contributed by atoms with van der Waals surface area (Å²) in [6.45, 7) is 7.14. The number of nitrogens with one attached hydrogen (secondary N) is 1. The summed E-state index contributed by atoms with van der Waals surface area (Å²) in [5.74, 6) is 2.64. The summed E-state index contributed by atoms with van der Waals surface area (Å²) in [5.41, 5.74) is 6.54. The molecule has 0 saturated heterocycles. The van der Waals surface area contributed by atoms with Gasteiger partial charge in [-0.3, -0.25) is 0 Å². The smallest absolute Gasteiger partial charge is 0.242 e. The number of anilines is 2. The fraction of sp³-hybridized carbons (Fsp3) is 0.714. The van der Waals surface area contributed by atoms with Crippen molar-refractivity contribution in [2.75, 3.05) is 17.6 Å². The Kier molecular flexibility index (Phi) is 4.45. The summed E-state index contributed by atoms with van der Waals surface area (Å²) in [5, 5.41) is 3.34. The van der Waals surface area contributed by atoms with E-state index in [9.17, 15) is 0 Å². The lowest BCUT2D eigenvalue weighted by atomic mass is 9.98. The predicted molar refractivity (Wildman–Crippen MR) is 77.2 cm³/mol. The van der Waals surface area contributed by atoms with Crippen LogP contribution in [0.15, 0.2) is 6.33 Å². The second-order valence-corrected chi connectivity index (χ2v) is 5.66. The Bertz CT molecular complexity index is 422. The van der Waals surface area contributed by atoms with Gasteiger partial charge in [0.25, 0.3) is 0 Å². The standard InChI is InChI=1S/C14H24N4O/c1-9(2)19-14-12(15)13(17-8-18-14)16-7-11-6-4-5-10(11)3/h8-11H,4-7,15H2,1-3H3,(H,16,17,18). The quantitative estimate of drug-likeness (QED) is 0.855. The molecule has 1 saturated carbocycles. The summed E-state index contributed by atoms with van der Waals surface area (Å²) in [7, 11) is 0. The minimum absolute atomic E-state index is 0.0555. The van der Waals surface area contributed by atoms with Crippen molar-refractivity contribution in [3.05, 3.63) is 6.33 Å². The van der Waals surface area contributed by atoms with Crippen molar-refractivity contribution in [3.63, 3.8) is 0 Å². The molecule has 3 N–H and O–H groups in total. The molecule has 1 aromatic rings. The van der Waals surface area contributed by atoms with Gasteiger partial charge in [-0.2, -0.15) is 4.98 Å². The molecule has 2 unspecified atom stereocenters. The first-order valence-electron chi connectivity index (χ1n) is 7.09. The molecule has 0 spiro atoms. The van der Waals surface area contributed by atoms with E-state index < -0.39 is 0 Å². The van der Waals surface area contributed by atoms with E-state index in [4.69, 9.17) is 10.5 Å². The van der Waals surface area contributed by atoms with Gasteiger partial charge in [-0.15, -0.1) is 0 Å². The molecule has 0 aromatic carbocycles. The first kappa shape index (κ1) is 13.9. The van der Waals surface area contributed by atoms with Gasteiger partial charge in [0.05, 0.1) is 6.10 Å². The lowest BCUT2D eigenvalue weighted by Crippen LogP contribution is -2.18. The van der Waals surface area contributed by atoms with Gasteiger partial charge in [0.2, 0.25) is 5.88 Å². The summed E-state index contributed by atoms with van der Waals surface area (Å²) >= 11 is 0. The lowest BCUT2D eigenvalue weighted by Gasteiger charge is -2.18. The van der Waals surface area contributed by atoms with E-state index in [0.29, 0.717) is 23.3 Å². The number of rotatable bonds is 5. The average Bonchev–Trinajstić information content (AvgIpc) is 2.76. The number of nitrogens with two attached hydrogens (primary N) is 1. The molecule has 19 heavy (non-hydrogen) atoms. The molecule has 0 amide bonds. The van der Waals surface area contributed by atoms with Gasteiger partial charge >= 0.3 is 0 Å². The third-order valence-electron chi connectivity index (χ3n) is 3.77. The van der Waals surface area contributed by atoms with E-state index in [1.165, 1.54) is 25.6 Å². The first-order chi connectivity index (χ1) is 9.08. The number of nitrogen functional groups attached to an aromatic ring is 1. The number of hydrogen-bond acceptors (Lipinski definition) is 5. The number of ether oxygens (including phenoxy) is 1. The van der Waals surface area contributed by atoms with Crippen molar-refractivity contribution in [2.45, 2.75) is 46.1 Å². The van der Waals surface area contributed by atoms with Crippen molar-refractivity contribution >= 4 is 11.5 Å². The molecule has 106 valence electrons. The van der Waals surface area contributed by atoms with Crippen LogP contribution in [0, 0.1) is 11.8 Å². The SMILES string of the molecule is CC(C)Oc1ncnc(NCC2CCCC2C)c1N. The zero-order valence-corrected chi connectivity index (χ0v) is 12.0. The van der Waals surface area contributed by atoms with Gasteiger partial charge in [0.15, 0.2) is 5.82 Å². The third kappa shape index (κ3) is 3.49. The van der Waals surface area contributed by atoms with Crippen LogP contribution in [-0.4, -0.2) is 22.6 Å². The Morgan fingerprint density at radius 3 is 2.84 bits per heavy atom. The molecule has 0 bridgehead atoms. The summed E-state index contributed by atoms with van der Waals surface area (Å²) in [6.07, 6.45) is 5.49. The maximum Gasteiger partial charge on any atom is 0.242 e. The van der Waals surface area contributed by atoms with Crippen molar-refractivity contribution in [1.29, 1.82) is 0 Å². The Morgan fingerprint density at radius 1 is 1.42 bits per heavy atom. The molecular formula is C14H24N4O. The van der Waals surface area contributed by atoms with Crippen LogP contribution in [0.4, 0.5) is 11.5 Å². The Morgan fingerprint density at radius 2 is 2.21 bits per heavy atom. The highest BCUT2D eigenvalue weighted by atomic mass is 16.5. The second-order valence-electron chi connectivity index (χ2n) is 5.66. The highest BCUT2D eigenvalue weighted by Crippen LogP contribution is 2.32. The van der Waals surface area contributed by atoms with Gasteiger partial charge in [0.1, 0.15) is 12.0 Å². The topological polar surface area (TPSA) is 73.1 Å². The molecule has 1 aliphatic rings. The van der Waals surface area contributed by atoms with Crippen LogP contribution >= 0.6 is 0 Å².